The van der Waals surface area contributed by atoms with E-state index in [1.165, 1.54) is 5.56 Å². The normalized spacial score (nSPS) is 15.2. The van der Waals surface area contributed by atoms with Crippen molar-refractivity contribution in [3.63, 3.8) is 0 Å². The third-order valence-electron chi connectivity index (χ3n) is 4.88. The predicted octanol–water partition coefficient (Wildman–Crippen LogP) is 1.98. The first-order valence-corrected chi connectivity index (χ1v) is 9.35. The molecule has 0 atom stereocenters. The van der Waals surface area contributed by atoms with E-state index >= 15 is 0 Å². The third kappa shape index (κ3) is 4.85. The molecule has 3 rings (SSSR count). The predicted molar refractivity (Wildman–Crippen MR) is 101 cm³/mol. The number of piperazine rings is 1. The summed E-state index contributed by atoms with van der Waals surface area (Å²) in [6.45, 7) is 9.56. The van der Waals surface area contributed by atoms with Gasteiger partial charge in [0.2, 0.25) is 0 Å². The highest BCUT2D eigenvalue weighted by molar-refractivity contribution is 5.77. The van der Waals surface area contributed by atoms with Crippen LogP contribution >= 0.6 is 0 Å². The number of imidazole rings is 1. The van der Waals surface area contributed by atoms with Gasteiger partial charge in [-0.15, -0.1) is 0 Å². The molecule has 26 heavy (non-hydrogen) atoms. The van der Waals surface area contributed by atoms with Crippen LogP contribution in [0.5, 0.6) is 5.75 Å². The molecule has 6 heteroatoms. The number of nitrogens with zero attached hydrogens (tertiary/aromatic N) is 4. The van der Waals surface area contributed by atoms with Crippen LogP contribution in [0.1, 0.15) is 18.3 Å². The van der Waals surface area contributed by atoms with Gasteiger partial charge in [-0.1, -0.05) is 24.6 Å². The smallest absolute Gasteiger partial charge is 0.260 e. The molecular weight excluding hydrogens is 328 g/mol. The molecule has 1 aliphatic rings. The Labute approximate surface area is 155 Å². The maximum absolute atomic E-state index is 12.3. The molecule has 2 aromatic rings. The molecule has 1 amide bonds. The van der Waals surface area contributed by atoms with Crippen LogP contribution in [0.4, 0.5) is 0 Å². The molecule has 0 spiro atoms. The molecule has 1 aliphatic heterocycles. The molecule has 6 nitrogen and oxygen atoms in total. The topological polar surface area (TPSA) is 50.6 Å². The van der Waals surface area contributed by atoms with Gasteiger partial charge in [-0.2, -0.15) is 0 Å². The van der Waals surface area contributed by atoms with E-state index in [1.54, 1.807) is 0 Å². The number of amides is 1. The second-order valence-corrected chi connectivity index (χ2v) is 6.71. The van der Waals surface area contributed by atoms with E-state index in [0.29, 0.717) is 0 Å². The second kappa shape index (κ2) is 8.85. The van der Waals surface area contributed by atoms with Crippen LogP contribution < -0.4 is 4.74 Å². The summed E-state index contributed by atoms with van der Waals surface area (Å²) in [5.74, 6) is 1.94. The minimum absolute atomic E-state index is 0.0631. The first-order valence-electron chi connectivity index (χ1n) is 9.35. The van der Waals surface area contributed by atoms with E-state index < -0.39 is 0 Å². The van der Waals surface area contributed by atoms with Crippen molar-refractivity contribution in [1.82, 2.24) is 19.4 Å². The molecule has 1 aromatic heterocycles. The van der Waals surface area contributed by atoms with Gasteiger partial charge in [-0.05, 0) is 19.1 Å². The van der Waals surface area contributed by atoms with Crippen LogP contribution in [0.2, 0.25) is 0 Å². The molecule has 1 saturated heterocycles. The zero-order chi connectivity index (χ0) is 18.4. The summed E-state index contributed by atoms with van der Waals surface area (Å²) in [6.07, 6.45) is 4.86. The van der Waals surface area contributed by atoms with Crippen LogP contribution in [0.15, 0.2) is 36.7 Å². The average Bonchev–Trinajstić information content (AvgIpc) is 3.13. The highest BCUT2D eigenvalue weighted by Crippen LogP contribution is 2.12. The van der Waals surface area contributed by atoms with E-state index in [0.717, 1.165) is 57.3 Å². The lowest BCUT2D eigenvalue weighted by molar-refractivity contribution is -0.135. The summed E-state index contributed by atoms with van der Waals surface area (Å²) in [4.78, 5) is 21.0. The van der Waals surface area contributed by atoms with E-state index in [1.807, 2.05) is 48.5 Å². The number of hydrogen-bond acceptors (Lipinski definition) is 4. The maximum atomic E-state index is 12.3. The summed E-state index contributed by atoms with van der Waals surface area (Å²) >= 11 is 0. The number of rotatable bonds is 7. The van der Waals surface area contributed by atoms with Crippen molar-refractivity contribution in [2.75, 3.05) is 39.3 Å². The Morgan fingerprint density at radius 3 is 2.54 bits per heavy atom. The lowest BCUT2D eigenvalue weighted by Gasteiger charge is -2.34. The number of benzene rings is 1. The van der Waals surface area contributed by atoms with E-state index in [-0.39, 0.29) is 12.5 Å². The maximum Gasteiger partial charge on any atom is 0.260 e. The SMILES string of the molecule is CCc1nccn1CCN1CCN(C(=O)COc2ccc(C)cc2)CC1. The largest absolute Gasteiger partial charge is 0.484 e. The van der Waals surface area contributed by atoms with Gasteiger partial charge in [0.15, 0.2) is 6.61 Å². The fourth-order valence-corrected chi connectivity index (χ4v) is 3.20. The molecule has 0 aliphatic carbocycles. The molecule has 0 saturated carbocycles. The van der Waals surface area contributed by atoms with Gasteiger partial charge >= 0.3 is 0 Å². The number of carbonyl (C=O) groups is 1. The Balaban J connectivity index is 1.38. The van der Waals surface area contributed by atoms with Gasteiger partial charge in [0.1, 0.15) is 11.6 Å². The lowest BCUT2D eigenvalue weighted by Crippen LogP contribution is -2.50. The van der Waals surface area contributed by atoms with Gasteiger partial charge in [-0.3, -0.25) is 9.69 Å². The highest BCUT2D eigenvalue weighted by atomic mass is 16.5. The fraction of sp³-hybridized carbons (Fsp3) is 0.500. The Kier molecular flexibility index (Phi) is 6.28. The summed E-state index contributed by atoms with van der Waals surface area (Å²) in [6, 6.07) is 7.79. The third-order valence-corrected chi connectivity index (χ3v) is 4.88. The number of ether oxygens (including phenoxy) is 1. The Morgan fingerprint density at radius 1 is 1.12 bits per heavy atom. The monoisotopic (exact) mass is 356 g/mol. The minimum atomic E-state index is 0.0631. The van der Waals surface area contributed by atoms with Gasteiger partial charge in [-0.25, -0.2) is 4.98 Å². The van der Waals surface area contributed by atoms with E-state index in [9.17, 15) is 4.79 Å². The zero-order valence-electron chi connectivity index (χ0n) is 15.7. The van der Waals surface area contributed by atoms with E-state index in [2.05, 4.69) is 21.4 Å². The first-order chi connectivity index (χ1) is 12.7. The van der Waals surface area contributed by atoms with Gasteiger partial charge in [0.25, 0.3) is 5.91 Å². The summed E-state index contributed by atoms with van der Waals surface area (Å²) in [5, 5.41) is 0. The van der Waals surface area contributed by atoms with Gasteiger partial charge in [0.05, 0.1) is 0 Å². The lowest BCUT2D eigenvalue weighted by atomic mass is 10.2. The number of aromatic nitrogens is 2. The van der Waals surface area contributed by atoms with Crippen molar-refractivity contribution in [3.8, 4) is 5.75 Å². The standard InChI is InChI=1S/C20H28N4O2/c1-3-19-21-8-9-23(19)13-10-22-11-14-24(15-12-22)20(25)16-26-18-6-4-17(2)5-7-18/h4-9H,3,10-16H2,1-2H3. The zero-order valence-corrected chi connectivity index (χ0v) is 15.7. The van der Waals surface area contributed by atoms with Crippen molar-refractivity contribution in [1.29, 1.82) is 0 Å². The molecule has 0 radical (unpaired) electrons. The van der Waals surface area contributed by atoms with Crippen LogP contribution in [0.3, 0.4) is 0 Å². The summed E-state index contributed by atoms with van der Waals surface area (Å²) in [7, 11) is 0. The molecular formula is C20H28N4O2. The Morgan fingerprint density at radius 2 is 1.85 bits per heavy atom. The molecule has 140 valence electrons. The van der Waals surface area contributed by atoms with Gasteiger partial charge < -0.3 is 14.2 Å². The molecule has 0 bridgehead atoms. The molecule has 0 unspecified atom stereocenters. The van der Waals surface area contributed by atoms with Crippen LogP contribution in [0.25, 0.3) is 0 Å². The molecule has 0 N–H and O–H groups in total. The molecule has 1 aromatic carbocycles. The summed E-state index contributed by atoms with van der Waals surface area (Å²) < 4.78 is 7.82. The van der Waals surface area contributed by atoms with Crippen LogP contribution in [-0.2, 0) is 17.8 Å². The van der Waals surface area contributed by atoms with Crippen molar-refractivity contribution in [2.45, 2.75) is 26.8 Å². The van der Waals surface area contributed by atoms with Gasteiger partial charge in [0, 0.05) is 58.1 Å². The molecule has 2 heterocycles. The number of hydrogen-bond donors (Lipinski definition) is 0. The minimum Gasteiger partial charge on any atom is -0.484 e. The summed E-state index contributed by atoms with van der Waals surface area (Å²) in [5.41, 5.74) is 1.18. The van der Waals surface area contributed by atoms with Crippen molar-refractivity contribution >= 4 is 5.91 Å². The second-order valence-electron chi connectivity index (χ2n) is 6.71. The van der Waals surface area contributed by atoms with E-state index in [4.69, 9.17) is 4.74 Å². The average molecular weight is 356 g/mol. The quantitative estimate of drug-likeness (QED) is 0.761. The highest BCUT2D eigenvalue weighted by Gasteiger charge is 2.21. The number of aryl methyl sites for hydroxylation is 2. The van der Waals surface area contributed by atoms with Crippen LogP contribution in [-0.4, -0.2) is 64.6 Å². The fourth-order valence-electron chi connectivity index (χ4n) is 3.20. The Hall–Kier alpha value is -2.34. The molecule has 1 fully saturated rings. The first kappa shape index (κ1) is 18.5. The van der Waals surface area contributed by atoms with Crippen LogP contribution in [0, 0.1) is 6.92 Å². The number of carbonyl (C=O) groups excluding carboxylic acids is 1. The van der Waals surface area contributed by atoms with Crippen molar-refractivity contribution in [3.05, 3.63) is 48.0 Å². The van der Waals surface area contributed by atoms with Crippen molar-refractivity contribution in [2.24, 2.45) is 0 Å². The Bertz CT molecular complexity index is 703. The van der Waals surface area contributed by atoms with Crippen molar-refractivity contribution < 1.29 is 9.53 Å².